The van der Waals surface area contributed by atoms with E-state index in [0.717, 1.165) is 19.3 Å². The second-order valence-electron chi connectivity index (χ2n) is 3.09. The Hall–Kier alpha value is -0.370. The fourth-order valence-corrected chi connectivity index (χ4v) is 1.63. The molecule has 0 amide bonds. The Morgan fingerprint density at radius 3 is 2.80 bits per heavy atom. The van der Waals surface area contributed by atoms with Crippen molar-refractivity contribution < 1.29 is 4.79 Å². The van der Waals surface area contributed by atoms with E-state index in [1.807, 2.05) is 0 Å². The monoisotopic (exact) mass is 141 g/mol. The maximum atomic E-state index is 10.4. The Labute approximate surface area is 62.0 Å². The molecule has 0 aromatic rings. The molecule has 2 nitrogen and oxygen atoms in total. The van der Waals surface area contributed by atoms with Gasteiger partial charge in [0.25, 0.3) is 0 Å². The summed E-state index contributed by atoms with van der Waals surface area (Å²) in [5.74, 6) is 0.876. The Morgan fingerprint density at radius 1 is 1.70 bits per heavy atom. The third kappa shape index (κ3) is 1.21. The van der Waals surface area contributed by atoms with E-state index in [2.05, 4.69) is 19.2 Å². The van der Waals surface area contributed by atoms with Crippen LogP contribution in [0.15, 0.2) is 0 Å². The second-order valence-corrected chi connectivity index (χ2v) is 3.09. The maximum absolute atomic E-state index is 10.4. The van der Waals surface area contributed by atoms with Gasteiger partial charge in [-0.3, -0.25) is 0 Å². The van der Waals surface area contributed by atoms with Crippen LogP contribution in [0, 0.1) is 11.8 Å². The summed E-state index contributed by atoms with van der Waals surface area (Å²) in [5, 5.41) is 3.28. The van der Waals surface area contributed by atoms with Crippen LogP contribution >= 0.6 is 0 Å². The minimum absolute atomic E-state index is 0.278. The highest BCUT2D eigenvalue weighted by Crippen LogP contribution is 2.32. The fourth-order valence-electron chi connectivity index (χ4n) is 1.63. The van der Waals surface area contributed by atoms with E-state index in [1.54, 1.807) is 0 Å². The van der Waals surface area contributed by atoms with Crippen LogP contribution in [0.5, 0.6) is 0 Å². The van der Waals surface area contributed by atoms with Gasteiger partial charge in [-0.2, -0.15) is 0 Å². The van der Waals surface area contributed by atoms with Crippen LogP contribution in [0.25, 0.3) is 0 Å². The zero-order valence-electron chi connectivity index (χ0n) is 6.63. The summed E-state index contributed by atoms with van der Waals surface area (Å²) in [6, 6.07) is 0.470. The van der Waals surface area contributed by atoms with Gasteiger partial charge in [0.2, 0.25) is 0 Å². The molecule has 0 aromatic heterocycles. The Kier molecular flexibility index (Phi) is 2.44. The van der Waals surface area contributed by atoms with Crippen molar-refractivity contribution >= 4 is 6.29 Å². The zero-order chi connectivity index (χ0) is 7.56. The lowest BCUT2D eigenvalue weighted by Crippen LogP contribution is -2.50. The molecule has 1 rings (SSSR count). The van der Waals surface area contributed by atoms with E-state index in [1.165, 1.54) is 0 Å². The van der Waals surface area contributed by atoms with Crippen molar-refractivity contribution in [3.8, 4) is 0 Å². The normalized spacial score (nSPS) is 38.8. The largest absolute Gasteiger partial charge is 0.314 e. The molecule has 1 aliphatic rings. The summed E-state index contributed by atoms with van der Waals surface area (Å²) < 4.78 is 0. The summed E-state index contributed by atoms with van der Waals surface area (Å²) in [4.78, 5) is 10.4. The molecule has 0 saturated heterocycles. The topological polar surface area (TPSA) is 29.1 Å². The smallest absolute Gasteiger partial charge is 0.124 e. The predicted octanol–water partition coefficient (Wildman–Crippen LogP) is 0.819. The summed E-state index contributed by atoms with van der Waals surface area (Å²) >= 11 is 0. The van der Waals surface area contributed by atoms with Crippen LogP contribution < -0.4 is 5.32 Å². The molecule has 0 heterocycles. The third-order valence-electron chi connectivity index (χ3n) is 2.37. The first-order valence-electron chi connectivity index (χ1n) is 3.98. The Morgan fingerprint density at radius 2 is 2.40 bits per heavy atom. The molecule has 58 valence electrons. The number of rotatable bonds is 3. The molecule has 1 saturated carbocycles. The van der Waals surface area contributed by atoms with Crippen LogP contribution in [0.1, 0.15) is 20.3 Å². The van der Waals surface area contributed by atoms with Gasteiger partial charge in [-0.15, -0.1) is 0 Å². The summed E-state index contributed by atoms with van der Waals surface area (Å²) in [6.07, 6.45) is 2.25. The van der Waals surface area contributed by atoms with Crippen LogP contribution in [0.2, 0.25) is 0 Å². The van der Waals surface area contributed by atoms with Crippen molar-refractivity contribution in [3.05, 3.63) is 0 Å². The van der Waals surface area contributed by atoms with Crippen molar-refractivity contribution in [1.29, 1.82) is 0 Å². The lowest BCUT2D eigenvalue weighted by atomic mass is 9.71. The van der Waals surface area contributed by atoms with Gasteiger partial charge in [-0.1, -0.05) is 13.8 Å². The van der Waals surface area contributed by atoms with Crippen LogP contribution in [0.3, 0.4) is 0 Å². The molecule has 1 fully saturated rings. The number of hydrogen-bond donors (Lipinski definition) is 1. The predicted molar refractivity (Wildman–Crippen MR) is 40.8 cm³/mol. The first-order valence-corrected chi connectivity index (χ1v) is 3.98. The number of aldehydes is 1. The Bertz CT molecular complexity index is 122. The molecule has 10 heavy (non-hydrogen) atoms. The molecule has 3 unspecified atom stereocenters. The Balaban J connectivity index is 2.30. The van der Waals surface area contributed by atoms with Gasteiger partial charge in [0.05, 0.1) is 0 Å². The van der Waals surface area contributed by atoms with Crippen molar-refractivity contribution in [1.82, 2.24) is 5.32 Å². The average Bonchev–Trinajstić information content (AvgIpc) is 1.88. The van der Waals surface area contributed by atoms with Crippen molar-refractivity contribution in [2.24, 2.45) is 11.8 Å². The number of carbonyl (C=O) groups is 1. The minimum Gasteiger partial charge on any atom is -0.314 e. The first kappa shape index (κ1) is 7.73. The zero-order valence-corrected chi connectivity index (χ0v) is 6.63. The van der Waals surface area contributed by atoms with E-state index < -0.39 is 0 Å². The molecule has 1 aliphatic carbocycles. The molecule has 0 spiro atoms. The molecule has 0 radical (unpaired) electrons. The van der Waals surface area contributed by atoms with Gasteiger partial charge in [-0.25, -0.2) is 0 Å². The lowest BCUT2D eigenvalue weighted by Gasteiger charge is -2.39. The quantitative estimate of drug-likeness (QED) is 0.589. The average molecular weight is 141 g/mol. The lowest BCUT2D eigenvalue weighted by molar-refractivity contribution is -0.116. The molecular weight excluding hydrogens is 126 g/mol. The van der Waals surface area contributed by atoms with Crippen LogP contribution in [0.4, 0.5) is 0 Å². The maximum Gasteiger partial charge on any atom is 0.124 e. The number of carbonyl (C=O) groups excluding carboxylic acids is 1. The highest BCUT2D eigenvalue weighted by atomic mass is 16.1. The second kappa shape index (κ2) is 3.15. The van der Waals surface area contributed by atoms with Gasteiger partial charge < -0.3 is 10.1 Å². The summed E-state index contributed by atoms with van der Waals surface area (Å²) in [6.45, 7) is 5.18. The molecule has 3 atom stereocenters. The fraction of sp³-hybridized carbons (Fsp3) is 0.875. The van der Waals surface area contributed by atoms with Crippen LogP contribution in [-0.2, 0) is 4.79 Å². The summed E-state index contributed by atoms with van der Waals surface area (Å²) in [5.41, 5.74) is 0. The third-order valence-corrected chi connectivity index (χ3v) is 2.37. The van der Waals surface area contributed by atoms with Gasteiger partial charge in [-0.05, 0) is 18.9 Å². The minimum atomic E-state index is 0.278. The SMILES string of the molecule is CCNC1CC(C)C1C=O. The van der Waals surface area contributed by atoms with E-state index in [0.29, 0.717) is 12.0 Å². The van der Waals surface area contributed by atoms with Crippen molar-refractivity contribution in [3.63, 3.8) is 0 Å². The van der Waals surface area contributed by atoms with Gasteiger partial charge in [0, 0.05) is 12.0 Å². The highest BCUT2D eigenvalue weighted by Gasteiger charge is 2.36. The molecule has 0 aromatic carbocycles. The van der Waals surface area contributed by atoms with Gasteiger partial charge in [0.15, 0.2) is 0 Å². The molecular formula is C8H15NO. The number of nitrogens with one attached hydrogen (secondary N) is 1. The van der Waals surface area contributed by atoms with E-state index >= 15 is 0 Å². The highest BCUT2D eigenvalue weighted by molar-refractivity contribution is 5.57. The van der Waals surface area contributed by atoms with Gasteiger partial charge in [0.1, 0.15) is 6.29 Å². The van der Waals surface area contributed by atoms with E-state index in [9.17, 15) is 4.79 Å². The standard InChI is InChI=1S/C8H15NO/c1-3-9-8-4-6(2)7(8)5-10/h5-9H,3-4H2,1-2H3. The molecule has 0 bridgehead atoms. The molecule has 1 N–H and O–H groups in total. The van der Waals surface area contributed by atoms with Crippen molar-refractivity contribution in [2.45, 2.75) is 26.3 Å². The van der Waals surface area contributed by atoms with Crippen LogP contribution in [-0.4, -0.2) is 18.9 Å². The van der Waals surface area contributed by atoms with Crippen molar-refractivity contribution in [2.75, 3.05) is 6.54 Å². The first-order chi connectivity index (χ1) is 4.79. The molecule has 0 aliphatic heterocycles. The van der Waals surface area contributed by atoms with E-state index in [-0.39, 0.29) is 5.92 Å². The van der Waals surface area contributed by atoms with E-state index in [4.69, 9.17) is 0 Å². The number of hydrogen-bond acceptors (Lipinski definition) is 2. The summed E-state index contributed by atoms with van der Waals surface area (Å²) in [7, 11) is 0. The molecule has 2 heteroatoms. The van der Waals surface area contributed by atoms with Gasteiger partial charge >= 0.3 is 0 Å².